The van der Waals surface area contributed by atoms with Gasteiger partial charge in [-0.2, -0.15) is 0 Å². The molecule has 0 saturated carbocycles. The lowest BCUT2D eigenvalue weighted by Crippen LogP contribution is -2.27. The Bertz CT molecular complexity index is 948. The van der Waals surface area contributed by atoms with Crippen LogP contribution in [-0.4, -0.2) is 40.6 Å². The van der Waals surface area contributed by atoms with Crippen molar-refractivity contribution in [2.75, 3.05) is 17.7 Å². The lowest BCUT2D eigenvalue weighted by Gasteiger charge is -2.18. The number of nitrogens with one attached hydrogen (secondary N) is 3. The Morgan fingerprint density at radius 3 is 2.42 bits per heavy atom. The number of rotatable bonds is 5. The van der Waals surface area contributed by atoms with Gasteiger partial charge in [-0.05, 0) is 51.5 Å². The summed E-state index contributed by atoms with van der Waals surface area (Å²) in [7, 11) is 3.23. The van der Waals surface area contributed by atoms with Crippen molar-refractivity contribution < 1.29 is 19.1 Å². The minimum absolute atomic E-state index is 0.156. The first-order chi connectivity index (χ1) is 14.5. The van der Waals surface area contributed by atoms with E-state index in [0.717, 1.165) is 10.5 Å². The van der Waals surface area contributed by atoms with Gasteiger partial charge in [-0.25, -0.2) is 9.78 Å². The van der Waals surface area contributed by atoms with Gasteiger partial charge < -0.3 is 19.9 Å². The molecule has 10 heteroatoms. The number of imidazole rings is 1. The van der Waals surface area contributed by atoms with E-state index in [1.807, 2.05) is 31.2 Å². The highest BCUT2D eigenvalue weighted by Crippen LogP contribution is 2.21. The largest absolute Gasteiger partial charge is 0.444 e. The second kappa shape index (κ2) is 11.8. The summed E-state index contributed by atoms with van der Waals surface area (Å²) in [4.78, 5) is 38.4. The molecule has 0 aliphatic heterocycles. The molecular weight excluding hydrogens is 418 g/mol. The van der Waals surface area contributed by atoms with E-state index in [1.165, 1.54) is 4.57 Å². The van der Waals surface area contributed by atoms with E-state index in [0.29, 0.717) is 12.1 Å². The zero-order valence-electron chi connectivity index (χ0n) is 18.5. The standard InChI is InChI=1S/C19H24N4O3S.C2H5NO/c1-6-7-12-10-13(8-9-14(12)27)20-17(24)16-21-15(11-23(16)5)22-18(25)26-19(2,3)4;1-3-2-4/h6-11,27H,1-5H3,(H,20,24)(H,22,25);2H,1H3,(H,3,4)/b7-6+;. The number of nitrogens with zero attached hydrogens (tertiary/aromatic N) is 2. The Morgan fingerprint density at radius 1 is 1.23 bits per heavy atom. The molecule has 0 spiro atoms. The second-order valence-corrected chi connectivity index (χ2v) is 7.80. The fourth-order valence-corrected chi connectivity index (χ4v) is 2.49. The van der Waals surface area contributed by atoms with Crippen molar-refractivity contribution in [2.45, 2.75) is 38.2 Å². The van der Waals surface area contributed by atoms with Crippen LogP contribution in [0.5, 0.6) is 0 Å². The molecule has 0 aliphatic rings. The van der Waals surface area contributed by atoms with Crippen LogP contribution in [0.1, 0.15) is 43.9 Å². The molecule has 31 heavy (non-hydrogen) atoms. The van der Waals surface area contributed by atoms with Gasteiger partial charge in [-0.3, -0.25) is 14.9 Å². The van der Waals surface area contributed by atoms with Crippen molar-refractivity contribution in [1.82, 2.24) is 14.9 Å². The number of carbonyl (C=O) groups excluding carboxylic acids is 3. The molecule has 0 saturated heterocycles. The molecule has 168 valence electrons. The topological polar surface area (TPSA) is 114 Å². The van der Waals surface area contributed by atoms with Gasteiger partial charge in [0.1, 0.15) is 5.60 Å². The van der Waals surface area contributed by atoms with E-state index in [2.05, 4.69) is 33.6 Å². The number of anilines is 2. The van der Waals surface area contributed by atoms with Gasteiger partial charge in [-0.15, -0.1) is 12.6 Å². The number of amides is 3. The van der Waals surface area contributed by atoms with Crippen LogP contribution in [0.3, 0.4) is 0 Å². The Labute approximate surface area is 187 Å². The van der Waals surface area contributed by atoms with Crippen molar-refractivity contribution in [3.05, 3.63) is 41.9 Å². The summed E-state index contributed by atoms with van der Waals surface area (Å²) in [6, 6.07) is 5.39. The van der Waals surface area contributed by atoms with Crippen LogP contribution >= 0.6 is 12.6 Å². The molecule has 1 aromatic heterocycles. The SMILES string of the molecule is C/C=C/c1cc(NC(=O)c2nc(NC(=O)OC(C)(C)C)cn2C)ccc1S.CNC=O. The second-order valence-electron chi connectivity index (χ2n) is 7.32. The maximum atomic E-state index is 12.5. The van der Waals surface area contributed by atoms with E-state index >= 15 is 0 Å². The molecule has 1 heterocycles. The molecule has 0 radical (unpaired) electrons. The van der Waals surface area contributed by atoms with Gasteiger partial charge in [0.25, 0.3) is 5.91 Å². The molecule has 3 amide bonds. The highest BCUT2D eigenvalue weighted by molar-refractivity contribution is 7.80. The highest BCUT2D eigenvalue weighted by Gasteiger charge is 2.19. The monoisotopic (exact) mass is 447 g/mol. The quantitative estimate of drug-likeness (QED) is 0.412. The zero-order chi connectivity index (χ0) is 23.6. The number of allylic oxidation sites excluding steroid dienone is 1. The van der Waals surface area contributed by atoms with E-state index in [4.69, 9.17) is 9.53 Å². The van der Waals surface area contributed by atoms with Gasteiger partial charge >= 0.3 is 6.09 Å². The third kappa shape index (κ3) is 8.95. The summed E-state index contributed by atoms with van der Waals surface area (Å²) < 4.78 is 6.71. The van der Waals surface area contributed by atoms with Crippen LogP contribution in [-0.2, 0) is 16.6 Å². The fraction of sp³-hybridized carbons (Fsp3) is 0.333. The molecule has 0 bridgehead atoms. The average molecular weight is 448 g/mol. The van der Waals surface area contributed by atoms with Crippen LogP contribution in [0.4, 0.5) is 16.3 Å². The van der Waals surface area contributed by atoms with Gasteiger partial charge in [0.05, 0.1) is 0 Å². The van der Waals surface area contributed by atoms with E-state index in [9.17, 15) is 9.59 Å². The number of aromatic nitrogens is 2. The predicted octanol–water partition coefficient (Wildman–Crippen LogP) is 3.70. The third-order valence-electron chi connectivity index (χ3n) is 3.46. The number of hydrogen-bond donors (Lipinski definition) is 4. The number of ether oxygens (including phenoxy) is 1. The van der Waals surface area contributed by atoms with Crippen molar-refractivity contribution in [1.29, 1.82) is 0 Å². The summed E-state index contributed by atoms with van der Waals surface area (Å²) in [5.41, 5.74) is 0.893. The van der Waals surface area contributed by atoms with Crippen LogP contribution < -0.4 is 16.0 Å². The minimum atomic E-state index is -0.632. The van der Waals surface area contributed by atoms with E-state index in [1.54, 1.807) is 47.1 Å². The molecule has 3 N–H and O–H groups in total. The van der Waals surface area contributed by atoms with Crippen LogP contribution in [0.25, 0.3) is 6.08 Å². The Hall–Kier alpha value is -3.27. The number of aryl methyl sites for hydroxylation is 1. The molecule has 1 aromatic carbocycles. The van der Waals surface area contributed by atoms with Crippen molar-refractivity contribution in [3.63, 3.8) is 0 Å². The molecule has 0 unspecified atom stereocenters. The van der Waals surface area contributed by atoms with Crippen LogP contribution in [0, 0.1) is 0 Å². The van der Waals surface area contributed by atoms with E-state index < -0.39 is 17.6 Å². The van der Waals surface area contributed by atoms with Crippen molar-refractivity contribution in [2.24, 2.45) is 7.05 Å². The first-order valence-corrected chi connectivity index (χ1v) is 9.86. The third-order valence-corrected chi connectivity index (χ3v) is 3.87. The first-order valence-electron chi connectivity index (χ1n) is 9.42. The molecule has 2 aromatic rings. The Kier molecular flexibility index (Phi) is 9.81. The molecule has 0 atom stereocenters. The predicted molar refractivity (Wildman–Crippen MR) is 125 cm³/mol. The minimum Gasteiger partial charge on any atom is -0.444 e. The lowest BCUT2D eigenvalue weighted by atomic mass is 10.2. The van der Waals surface area contributed by atoms with Gasteiger partial charge in [0, 0.05) is 30.9 Å². The van der Waals surface area contributed by atoms with Crippen molar-refractivity contribution in [3.8, 4) is 0 Å². The molecule has 0 aliphatic carbocycles. The summed E-state index contributed by atoms with van der Waals surface area (Å²) in [5.74, 6) is -0.00566. The smallest absolute Gasteiger partial charge is 0.413 e. The highest BCUT2D eigenvalue weighted by atomic mass is 32.1. The zero-order valence-corrected chi connectivity index (χ0v) is 19.4. The fourth-order valence-electron chi connectivity index (χ4n) is 2.28. The normalized spacial score (nSPS) is 10.7. The number of benzene rings is 1. The van der Waals surface area contributed by atoms with Gasteiger partial charge in [0.15, 0.2) is 5.82 Å². The van der Waals surface area contributed by atoms with Gasteiger partial charge in [-0.1, -0.05) is 12.2 Å². The summed E-state index contributed by atoms with van der Waals surface area (Å²) in [6.45, 7) is 7.21. The first kappa shape index (κ1) is 25.8. The maximum Gasteiger partial charge on any atom is 0.413 e. The average Bonchev–Trinajstić information content (AvgIpc) is 3.03. The molecule has 9 nitrogen and oxygen atoms in total. The number of hydrogen-bond acceptors (Lipinski definition) is 6. The van der Waals surface area contributed by atoms with Crippen LogP contribution in [0.2, 0.25) is 0 Å². The summed E-state index contributed by atoms with van der Waals surface area (Å²) in [5, 5.41) is 7.57. The Morgan fingerprint density at radius 2 is 1.87 bits per heavy atom. The molecule has 0 fully saturated rings. The van der Waals surface area contributed by atoms with Crippen LogP contribution in [0.15, 0.2) is 35.4 Å². The van der Waals surface area contributed by atoms with Gasteiger partial charge in [0.2, 0.25) is 12.2 Å². The maximum absolute atomic E-state index is 12.5. The van der Waals surface area contributed by atoms with Crippen molar-refractivity contribution >= 4 is 48.6 Å². The number of carbonyl (C=O) groups is 3. The number of thiol groups is 1. The summed E-state index contributed by atoms with van der Waals surface area (Å²) in [6.07, 6.45) is 5.34. The van der Waals surface area contributed by atoms with E-state index in [-0.39, 0.29) is 11.6 Å². The summed E-state index contributed by atoms with van der Waals surface area (Å²) >= 11 is 4.39. The lowest BCUT2D eigenvalue weighted by molar-refractivity contribution is -0.109. The molecular formula is C21H29N5O4S. The Balaban J connectivity index is 0.00000110. The molecule has 2 rings (SSSR count).